The first-order valence-electron chi connectivity index (χ1n) is 8.70. The standard InChI is InChI=1S/C20H16F4N4/c1-2-28-17-7-6-14(20(22,23)24)11-16(17)26-18(28)12-27-9-8-25-19(27)13-4-3-5-15(21)10-13/h3-11H,2,12H2,1H3. The molecule has 4 nitrogen and oxygen atoms in total. The van der Waals surface area contributed by atoms with Crippen LogP contribution in [-0.2, 0) is 19.3 Å². The van der Waals surface area contributed by atoms with Crippen LogP contribution in [0.1, 0.15) is 18.3 Å². The Morgan fingerprint density at radius 3 is 2.61 bits per heavy atom. The summed E-state index contributed by atoms with van der Waals surface area (Å²) in [5.74, 6) is 0.796. The van der Waals surface area contributed by atoms with E-state index in [2.05, 4.69) is 9.97 Å². The Morgan fingerprint density at radius 1 is 1.07 bits per heavy atom. The van der Waals surface area contributed by atoms with Gasteiger partial charge >= 0.3 is 6.18 Å². The molecule has 0 unspecified atom stereocenters. The highest BCUT2D eigenvalue weighted by molar-refractivity contribution is 5.77. The van der Waals surface area contributed by atoms with Gasteiger partial charge in [-0.3, -0.25) is 0 Å². The molecule has 0 amide bonds. The van der Waals surface area contributed by atoms with E-state index in [1.807, 2.05) is 11.5 Å². The first-order chi connectivity index (χ1) is 13.4. The third-order valence-corrected chi connectivity index (χ3v) is 4.58. The molecule has 4 aromatic rings. The molecular weight excluding hydrogens is 372 g/mol. The van der Waals surface area contributed by atoms with Crippen LogP contribution in [0.2, 0.25) is 0 Å². The van der Waals surface area contributed by atoms with Crippen LogP contribution >= 0.6 is 0 Å². The van der Waals surface area contributed by atoms with Gasteiger partial charge in [0.1, 0.15) is 17.5 Å². The van der Waals surface area contributed by atoms with Gasteiger partial charge in [-0.1, -0.05) is 12.1 Å². The summed E-state index contributed by atoms with van der Waals surface area (Å²) in [6.07, 6.45) is -1.08. The van der Waals surface area contributed by atoms with Crippen molar-refractivity contribution in [2.45, 2.75) is 26.2 Å². The summed E-state index contributed by atoms with van der Waals surface area (Å²) in [5, 5.41) is 0. The Morgan fingerprint density at radius 2 is 1.89 bits per heavy atom. The highest BCUT2D eigenvalue weighted by Crippen LogP contribution is 2.31. The molecule has 0 saturated heterocycles. The number of imidazole rings is 2. The SMILES string of the molecule is CCn1c(Cn2ccnc2-c2cccc(F)c2)nc2cc(C(F)(F)F)ccc21. The van der Waals surface area contributed by atoms with Crippen molar-refractivity contribution in [3.63, 3.8) is 0 Å². The smallest absolute Gasteiger partial charge is 0.327 e. The van der Waals surface area contributed by atoms with Crippen molar-refractivity contribution in [2.75, 3.05) is 0 Å². The number of rotatable bonds is 4. The van der Waals surface area contributed by atoms with Crippen molar-refractivity contribution in [2.24, 2.45) is 0 Å². The number of nitrogens with zero attached hydrogens (tertiary/aromatic N) is 4. The molecule has 0 radical (unpaired) electrons. The molecule has 0 N–H and O–H groups in total. The van der Waals surface area contributed by atoms with Crippen LogP contribution in [-0.4, -0.2) is 19.1 Å². The van der Waals surface area contributed by atoms with Crippen LogP contribution in [0.15, 0.2) is 54.9 Å². The summed E-state index contributed by atoms with van der Waals surface area (Å²) < 4.78 is 56.2. The van der Waals surface area contributed by atoms with Crippen LogP contribution in [0.3, 0.4) is 0 Å². The number of aromatic nitrogens is 4. The van der Waals surface area contributed by atoms with Crippen LogP contribution in [0.5, 0.6) is 0 Å². The third kappa shape index (κ3) is 3.26. The van der Waals surface area contributed by atoms with Gasteiger partial charge in [-0.05, 0) is 37.3 Å². The number of hydrogen-bond acceptors (Lipinski definition) is 2. The minimum Gasteiger partial charge on any atom is -0.327 e. The molecular formula is C20H16F4N4. The molecule has 28 heavy (non-hydrogen) atoms. The van der Waals surface area contributed by atoms with Gasteiger partial charge in [-0.2, -0.15) is 13.2 Å². The van der Waals surface area contributed by atoms with Crippen LogP contribution in [0.25, 0.3) is 22.4 Å². The van der Waals surface area contributed by atoms with Crippen molar-refractivity contribution in [1.82, 2.24) is 19.1 Å². The van der Waals surface area contributed by atoms with E-state index in [1.54, 1.807) is 29.1 Å². The molecule has 0 atom stereocenters. The largest absolute Gasteiger partial charge is 0.416 e. The zero-order valence-electron chi connectivity index (χ0n) is 14.9. The average Bonchev–Trinajstić information content (AvgIpc) is 3.24. The summed E-state index contributed by atoms with van der Waals surface area (Å²) in [5.41, 5.74) is 0.816. The quantitative estimate of drug-likeness (QED) is 0.455. The first kappa shape index (κ1) is 18.2. The summed E-state index contributed by atoms with van der Waals surface area (Å²) in [6.45, 7) is 2.76. The third-order valence-electron chi connectivity index (χ3n) is 4.58. The van der Waals surface area contributed by atoms with Crippen molar-refractivity contribution in [3.05, 3.63) is 72.1 Å². The fraction of sp³-hybridized carbons (Fsp3) is 0.200. The van der Waals surface area contributed by atoms with Crippen molar-refractivity contribution < 1.29 is 17.6 Å². The monoisotopic (exact) mass is 388 g/mol. The number of alkyl halides is 3. The van der Waals surface area contributed by atoms with E-state index in [0.29, 0.717) is 41.3 Å². The Kier molecular flexibility index (Phi) is 4.41. The molecule has 2 aromatic carbocycles. The molecule has 144 valence electrons. The summed E-state index contributed by atoms with van der Waals surface area (Å²) in [7, 11) is 0. The van der Waals surface area contributed by atoms with Gasteiger partial charge in [0.2, 0.25) is 0 Å². The lowest BCUT2D eigenvalue weighted by Gasteiger charge is -2.10. The molecule has 0 fully saturated rings. The van der Waals surface area contributed by atoms with Crippen molar-refractivity contribution in [3.8, 4) is 11.4 Å². The maximum absolute atomic E-state index is 13.6. The Hall–Kier alpha value is -3.16. The lowest BCUT2D eigenvalue weighted by Crippen LogP contribution is -2.08. The van der Waals surface area contributed by atoms with Gasteiger partial charge in [-0.25, -0.2) is 14.4 Å². The lowest BCUT2D eigenvalue weighted by molar-refractivity contribution is -0.137. The van der Waals surface area contributed by atoms with E-state index >= 15 is 0 Å². The van der Waals surface area contributed by atoms with Gasteiger partial charge < -0.3 is 9.13 Å². The predicted molar refractivity (Wildman–Crippen MR) is 97.1 cm³/mol. The van der Waals surface area contributed by atoms with Gasteiger partial charge in [0.05, 0.1) is 23.1 Å². The Balaban J connectivity index is 1.76. The number of aryl methyl sites for hydroxylation is 1. The molecule has 0 aliphatic rings. The molecule has 4 rings (SSSR count). The Labute approximate surface area is 158 Å². The lowest BCUT2D eigenvalue weighted by atomic mass is 10.2. The highest BCUT2D eigenvalue weighted by atomic mass is 19.4. The van der Waals surface area contributed by atoms with Crippen molar-refractivity contribution in [1.29, 1.82) is 0 Å². The molecule has 0 bridgehead atoms. The zero-order chi connectivity index (χ0) is 19.9. The fourth-order valence-electron chi connectivity index (χ4n) is 3.31. The normalized spacial score (nSPS) is 12.0. The number of benzene rings is 2. The maximum Gasteiger partial charge on any atom is 0.416 e. The average molecular weight is 388 g/mol. The van der Waals surface area contributed by atoms with E-state index in [9.17, 15) is 17.6 Å². The van der Waals surface area contributed by atoms with E-state index in [0.717, 1.165) is 12.1 Å². The maximum atomic E-state index is 13.6. The predicted octanol–water partition coefficient (Wildman–Crippen LogP) is 5.13. The number of fused-ring (bicyclic) bond motifs is 1. The minimum atomic E-state index is -4.42. The molecule has 0 aliphatic heterocycles. The van der Waals surface area contributed by atoms with E-state index in [1.165, 1.54) is 18.2 Å². The molecule has 0 spiro atoms. The summed E-state index contributed by atoms with van der Waals surface area (Å²) in [6, 6.07) is 9.66. The zero-order valence-corrected chi connectivity index (χ0v) is 14.9. The fourth-order valence-corrected chi connectivity index (χ4v) is 3.31. The molecule has 0 aliphatic carbocycles. The van der Waals surface area contributed by atoms with Gasteiger partial charge in [0.25, 0.3) is 0 Å². The second-order valence-electron chi connectivity index (χ2n) is 6.36. The summed E-state index contributed by atoms with van der Waals surface area (Å²) in [4.78, 5) is 8.72. The topological polar surface area (TPSA) is 35.6 Å². The van der Waals surface area contributed by atoms with Gasteiger partial charge in [-0.15, -0.1) is 0 Å². The molecule has 8 heteroatoms. The summed E-state index contributed by atoms with van der Waals surface area (Å²) >= 11 is 0. The first-order valence-corrected chi connectivity index (χ1v) is 8.70. The highest BCUT2D eigenvalue weighted by Gasteiger charge is 2.31. The minimum absolute atomic E-state index is 0.291. The van der Waals surface area contributed by atoms with E-state index in [4.69, 9.17) is 0 Å². The van der Waals surface area contributed by atoms with Crippen LogP contribution in [0.4, 0.5) is 17.6 Å². The number of hydrogen-bond donors (Lipinski definition) is 0. The van der Waals surface area contributed by atoms with Crippen molar-refractivity contribution >= 4 is 11.0 Å². The number of halogens is 4. The van der Waals surface area contributed by atoms with Crippen LogP contribution < -0.4 is 0 Å². The molecule has 2 heterocycles. The van der Waals surface area contributed by atoms with Gasteiger partial charge in [0.15, 0.2) is 0 Å². The molecule has 2 aromatic heterocycles. The van der Waals surface area contributed by atoms with E-state index < -0.39 is 11.7 Å². The van der Waals surface area contributed by atoms with Crippen LogP contribution in [0, 0.1) is 5.82 Å². The second-order valence-corrected chi connectivity index (χ2v) is 6.36. The van der Waals surface area contributed by atoms with Gasteiger partial charge in [0, 0.05) is 24.5 Å². The second kappa shape index (κ2) is 6.78. The molecule has 0 saturated carbocycles. The van der Waals surface area contributed by atoms with E-state index in [-0.39, 0.29) is 5.82 Å². The Bertz CT molecular complexity index is 1140.